The van der Waals surface area contributed by atoms with Crippen LogP contribution in [0.2, 0.25) is 19.6 Å². The normalized spacial score (nSPS) is 10.4. The minimum atomic E-state index is -1.34. The Morgan fingerprint density at radius 3 is 2.62 bits per heavy atom. The standard InChI is InChI=1S/C9H13N3Si/c1-13(2,3)7-5-9-11-6-4-8(10)12-9/h4,6H,1-3H3,(H2,10,11,12). The molecule has 1 aromatic rings. The van der Waals surface area contributed by atoms with E-state index < -0.39 is 8.07 Å². The van der Waals surface area contributed by atoms with Crippen molar-refractivity contribution in [3.05, 3.63) is 18.1 Å². The molecule has 0 bridgehead atoms. The van der Waals surface area contributed by atoms with Crippen molar-refractivity contribution in [3.63, 3.8) is 0 Å². The van der Waals surface area contributed by atoms with Gasteiger partial charge in [0.1, 0.15) is 13.9 Å². The molecule has 1 aromatic heterocycles. The van der Waals surface area contributed by atoms with Gasteiger partial charge in [-0.3, -0.25) is 0 Å². The topological polar surface area (TPSA) is 51.8 Å². The molecule has 0 aliphatic rings. The van der Waals surface area contributed by atoms with Gasteiger partial charge in [0.25, 0.3) is 0 Å². The van der Waals surface area contributed by atoms with Crippen molar-refractivity contribution in [2.45, 2.75) is 19.6 Å². The van der Waals surface area contributed by atoms with Gasteiger partial charge in [-0.1, -0.05) is 19.6 Å². The number of anilines is 1. The molecule has 3 nitrogen and oxygen atoms in total. The van der Waals surface area contributed by atoms with E-state index in [1.165, 1.54) is 0 Å². The van der Waals surface area contributed by atoms with E-state index >= 15 is 0 Å². The number of hydrogen-bond acceptors (Lipinski definition) is 3. The summed E-state index contributed by atoms with van der Waals surface area (Å²) in [4.78, 5) is 7.99. The predicted octanol–water partition coefficient (Wildman–Crippen LogP) is 1.29. The lowest BCUT2D eigenvalue weighted by Gasteiger charge is -2.02. The van der Waals surface area contributed by atoms with Crippen molar-refractivity contribution >= 4 is 13.9 Å². The number of aromatic nitrogens is 2. The third-order valence-electron chi connectivity index (χ3n) is 1.23. The van der Waals surface area contributed by atoms with Gasteiger partial charge < -0.3 is 5.73 Å². The molecule has 13 heavy (non-hydrogen) atoms. The molecule has 1 heterocycles. The Kier molecular flexibility index (Phi) is 2.68. The van der Waals surface area contributed by atoms with Gasteiger partial charge in [-0.05, 0) is 12.0 Å². The van der Waals surface area contributed by atoms with Gasteiger partial charge in [-0.2, -0.15) is 0 Å². The van der Waals surface area contributed by atoms with Crippen LogP contribution in [0.1, 0.15) is 5.82 Å². The van der Waals surface area contributed by atoms with Crippen LogP contribution in [0.3, 0.4) is 0 Å². The van der Waals surface area contributed by atoms with Gasteiger partial charge in [0.2, 0.25) is 5.82 Å². The van der Waals surface area contributed by atoms with Crippen LogP contribution >= 0.6 is 0 Å². The maximum absolute atomic E-state index is 5.49. The van der Waals surface area contributed by atoms with E-state index in [0.717, 1.165) is 0 Å². The largest absolute Gasteiger partial charge is 0.384 e. The van der Waals surface area contributed by atoms with Gasteiger partial charge >= 0.3 is 0 Å². The Morgan fingerprint density at radius 2 is 2.08 bits per heavy atom. The molecule has 0 aliphatic heterocycles. The second-order valence-electron chi connectivity index (χ2n) is 3.81. The first kappa shape index (κ1) is 9.74. The molecule has 0 radical (unpaired) electrons. The zero-order valence-corrected chi connectivity index (χ0v) is 9.13. The molecule has 0 unspecified atom stereocenters. The Bertz CT molecular complexity index is 357. The molecular formula is C9H13N3Si. The van der Waals surface area contributed by atoms with Crippen LogP contribution in [0.25, 0.3) is 0 Å². The summed E-state index contributed by atoms with van der Waals surface area (Å²) in [5.74, 6) is 3.92. The van der Waals surface area contributed by atoms with E-state index in [-0.39, 0.29) is 0 Å². The zero-order chi connectivity index (χ0) is 9.90. The van der Waals surface area contributed by atoms with Gasteiger partial charge in [-0.15, -0.1) is 5.54 Å². The van der Waals surface area contributed by atoms with Crippen molar-refractivity contribution in [2.75, 3.05) is 5.73 Å². The molecule has 0 saturated carbocycles. The smallest absolute Gasteiger partial charge is 0.206 e. The van der Waals surface area contributed by atoms with Crippen molar-refractivity contribution < 1.29 is 0 Å². The fourth-order valence-corrected chi connectivity index (χ4v) is 1.16. The maximum atomic E-state index is 5.49. The molecule has 1 rings (SSSR count). The van der Waals surface area contributed by atoms with Crippen molar-refractivity contribution in [1.29, 1.82) is 0 Å². The summed E-state index contributed by atoms with van der Waals surface area (Å²) >= 11 is 0. The third kappa shape index (κ3) is 3.72. The monoisotopic (exact) mass is 191 g/mol. The number of nitrogen functional groups attached to an aromatic ring is 1. The van der Waals surface area contributed by atoms with Crippen molar-refractivity contribution in [1.82, 2.24) is 9.97 Å². The first-order valence-electron chi connectivity index (χ1n) is 4.09. The molecule has 0 atom stereocenters. The fourth-order valence-electron chi connectivity index (χ4n) is 0.676. The highest BCUT2D eigenvalue weighted by Gasteiger charge is 2.07. The molecule has 0 saturated heterocycles. The first-order chi connectivity index (χ1) is 5.97. The summed E-state index contributed by atoms with van der Waals surface area (Å²) in [5, 5.41) is 0. The minimum Gasteiger partial charge on any atom is -0.384 e. The molecule has 2 N–H and O–H groups in total. The van der Waals surface area contributed by atoms with Crippen LogP contribution in [0.15, 0.2) is 12.3 Å². The average molecular weight is 191 g/mol. The van der Waals surface area contributed by atoms with E-state index in [1.54, 1.807) is 12.3 Å². The van der Waals surface area contributed by atoms with E-state index in [1.807, 2.05) is 0 Å². The molecule has 68 valence electrons. The van der Waals surface area contributed by atoms with Crippen LogP contribution in [0.5, 0.6) is 0 Å². The molecular weight excluding hydrogens is 178 g/mol. The molecule has 0 spiro atoms. The Morgan fingerprint density at radius 1 is 1.38 bits per heavy atom. The van der Waals surface area contributed by atoms with Crippen LogP contribution < -0.4 is 5.73 Å². The highest BCUT2D eigenvalue weighted by molar-refractivity contribution is 6.83. The Labute approximate surface area is 79.4 Å². The molecule has 4 heteroatoms. The summed E-state index contributed by atoms with van der Waals surface area (Å²) in [5.41, 5.74) is 8.66. The predicted molar refractivity (Wildman–Crippen MR) is 56.7 cm³/mol. The lowest BCUT2D eigenvalue weighted by Crippen LogP contribution is -2.16. The van der Waals surface area contributed by atoms with Gasteiger partial charge in [0.15, 0.2) is 0 Å². The number of rotatable bonds is 0. The SMILES string of the molecule is C[Si](C)(C)C#Cc1nccc(N)n1. The van der Waals surface area contributed by atoms with Crippen LogP contribution in [-0.2, 0) is 0 Å². The number of nitrogens with two attached hydrogens (primary N) is 1. The Balaban J connectivity index is 2.90. The fraction of sp³-hybridized carbons (Fsp3) is 0.333. The third-order valence-corrected chi connectivity index (χ3v) is 2.10. The van der Waals surface area contributed by atoms with Crippen molar-refractivity contribution in [2.24, 2.45) is 0 Å². The average Bonchev–Trinajstić information content (AvgIpc) is 2.00. The van der Waals surface area contributed by atoms with E-state index in [9.17, 15) is 0 Å². The quantitative estimate of drug-likeness (QED) is 0.496. The lowest BCUT2D eigenvalue weighted by molar-refractivity contribution is 1.14. The first-order valence-corrected chi connectivity index (χ1v) is 7.59. The second-order valence-corrected chi connectivity index (χ2v) is 8.56. The molecule has 0 fully saturated rings. The minimum absolute atomic E-state index is 0.467. The molecule has 0 amide bonds. The van der Waals surface area contributed by atoms with Crippen LogP contribution in [0, 0.1) is 11.5 Å². The summed E-state index contributed by atoms with van der Waals surface area (Å²) in [6.07, 6.45) is 1.62. The molecule has 0 aromatic carbocycles. The Hall–Kier alpha value is -1.34. The maximum Gasteiger partial charge on any atom is 0.206 e. The highest BCUT2D eigenvalue weighted by Crippen LogP contribution is 1.98. The van der Waals surface area contributed by atoms with Gasteiger partial charge in [-0.25, -0.2) is 9.97 Å². The highest BCUT2D eigenvalue weighted by atomic mass is 28.3. The van der Waals surface area contributed by atoms with Crippen LogP contribution in [0.4, 0.5) is 5.82 Å². The number of nitrogens with zero attached hydrogens (tertiary/aromatic N) is 2. The van der Waals surface area contributed by atoms with Crippen LogP contribution in [-0.4, -0.2) is 18.0 Å². The second kappa shape index (κ2) is 3.58. The zero-order valence-electron chi connectivity index (χ0n) is 8.13. The molecule has 0 aliphatic carbocycles. The van der Waals surface area contributed by atoms with Gasteiger partial charge in [0, 0.05) is 6.20 Å². The summed E-state index contributed by atoms with van der Waals surface area (Å²) in [6, 6.07) is 1.65. The summed E-state index contributed by atoms with van der Waals surface area (Å²) < 4.78 is 0. The van der Waals surface area contributed by atoms with E-state index in [4.69, 9.17) is 5.73 Å². The van der Waals surface area contributed by atoms with E-state index in [0.29, 0.717) is 11.6 Å². The van der Waals surface area contributed by atoms with Crippen molar-refractivity contribution in [3.8, 4) is 11.5 Å². The van der Waals surface area contributed by atoms with Gasteiger partial charge in [0.05, 0.1) is 0 Å². The lowest BCUT2D eigenvalue weighted by atomic mass is 10.5. The summed E-state index contributed by atoms with van der Waals surface area (Å²) in [7, 11) is -1.34. The summed E-state index contributed by atoms with van der Waals surface area (Å²) in [6.45, 7) is 6.52. The van der Waals surface area contributed by atoms with E-state index in [2.05, 4.69) is 41.1 Å². The number of hydrogen-bond donors (Lipinski definition) is 1.